The Kier molecular flexibility index (Phi) is 9.48. The number of piperidine rings is 1. The van der Waals surface area contributed by atoms with Crippen molar-refractivity contribution in [3.8, 4) is 5.75 Å². The zero-order valence-corrected chi connectivity index (χ0v) is 20.1. The van der Waals surface area contributed by atoms with Gasteiger partial charge in [0.2, 0.25) is 11.8 Å². The van der Waals surface area contributed by atoms with Crippen LogP contribution in [0.1, 0.15) is 49.7 Å². The number of carbonyl (C=O) groups excluding carboxylic acids is 3. The number of nitrogens with zero attached hydrogens (tertiary/aromatic N) is 1. The van der Waals surface area contributed by atoms with Crippen LogP contribution in [0, 0.1) is 5.92 Å². The summed E-state index contributed by atoms with van der Waals surface area (Å²) in [5, 5.41) is 12.0. The maximum absolute atomic E-state index is 13.9. The van der Waals surface area contributed by atoms with Gasteiger partial charge in [-0.1, -0.05) is 49.4 Å². The average molecular weight is 484 g/mol. The topological polar surface area (TPSA) is 117 Å². The highest BCUT2D eigenvalue weighted by Gasteiger charge is 2.40. The van der Waals surface area contributed by atoms with Crippen molar-refractivity contribution in [2.75, 3.05) is 13.7 Å². The number of hydroxylamine groups is 1. The van der Waals surface area contributed by atoms with E-state index in [1.807, 2.05) is 30.3 Å². The van der Waals surface area contributed by atoms with Gasteiger partial charge in [-0.2, -0.15) is 0 Å². The monoisotopic (exact) mass is 483 g/mol. The molecule has 3 rings (SSSR count). The van der Waals surface area contributed by atoms with Crippen molar-refractivity contribution in [2.24, 2.45) is 5.92 Å². The predicted octanol–water partition coefficient (Wildman–Crippen LogP) is 3.58. The van der Waals surface area contributed by atoms with Crippen LogP contribution >= 0.6 is 0 Å². The van der Waals surface area contributed by atoms with Crippen molar-refractivity contribution < 1.29 is 29.1 Å². The molecule has 1 fully saturated rings. The summed E-state index contributed by atoms with van der Waals surface area (Å²) in [7, 11) is 1.55. The van der Waals surface area contributed by atoms with Gasteiger partial charge in [0.25, 0.3) is 0 Å². The molecule has 3 amide bonds. The Morgan fingerprint density at radius 3 is 2.43 bits per heavy atom. The summed E-state index contributed by atoms with van der Waals surface area (Å²) < 4.78 is 10.9. The highest BCUT2D eigenvalue weighted by molar-refractivity contribution is 5.91. The quantitative estimate of drug-likeness (QED) is 0.371. The molecule has 0 saturated carbocycles. The molecule has 2 aromatic carbocycles. The van der Waals surface area contributed by atoms with Gasteiger partial charge in [0.15, 0.2) is 6.23 Å². The van der Waals surface area contributed by atoms with Crippen LogP contribution in [0.5, 0.6) is 5.75 Å². The minimum absolute atomic E-state index is 0.309. The molecular weight excluding hydrogens is 450 g/mol. The van der Waals surface area contributed by atoms with Gasteiger partial charge in [0.05, 0.1) is 18.9 Å². The molecule has 0 radical (unpaired) electrons. The lowest BCUT2D eigenvalue weighted by Gasteiger charge is -2.38. The van der Waals surface area contributed by atoms with E-state index in [4.69, 9.17) is 9.47 Å². The maximum atomic E-state index is 13.9. The van der Waals surface area contributed by atoms with E-state index in [1.165, 1.54) is 4.90 Å². The minimum Gasteiger partial charge on any atom is -0.497 e. The fraction of sp³-hybridized carbons (Fsp3) is 0.423. The Labute approximate surface area is 205 Å². The second-order valence-electron chi connectivity index (χ2n) is 8.47. The van der Waals surface area contributed by atoms with E-state index in [1.54, 1.807) is 43.8 Å². The normalized spacial score (nSPS) is 17.1. The molecule has 9 nitrogen and oxygen atoms in total. The van der Waals surface area contributed by atoms with E-state index < -0.39 is 30.1 Å². The molecule has 9 heteroatoms. The number of hydrogen-bond donors (Lipinski definition) is 3. The first kappa shape index (κ1) is 26.0. The Balaban J connectivity index is 1.80. The van der Waals surface area contributed by atoms with Crippen LogP contribution in [-0.4, -0.2) is 47.9 Å². The van der Waals surface area contributed by atoms with Crippen LogP contribution in [0.25, 0.3) is 0 Å². The van der Waals surface area contributed by atoms with E-state index >= 15 is 0 Å². The minimum atomic E-state index is -0.866. The van der Waals surface area contributed by atoms with Gasteiger partial charge < -0.3 is 19.7 Å². The number of amides is 3. The van der Waals surface area contributed by atoms with Crippen LogP contribution in [0.3, 0.4) is 0 Å². The van der Waals surface area contributed by atoms with Gasteiger partial charge in [-0.05, 0) is 42.5 Å². The third-order valence-electron chi connectivity index (χ3n) is 6.28. The van der Waals surface area contributed by atoms with E-state index in [2.05, 4.69) is 5.32 Å². The van der Waals surface area contributed by atoms with E-state index in [0.717, 1.165) is 18.4 Å². The summed E-state index contributed by atoms with van der Waals surface area (Å²) in [6, 6.07) is 16.4. The number of methoxy groups -OCH3 is 1. The number of likely N-dealkylation sites (tertiary alicyclic amines) is 1. The summed E-state index contributed by atoms with van der Waals surface area (Å²) in [6.07, 6.45) is 1.04. The van der Waals surface area contributed by atoms with Gasteiger partial charge in [0, 0.05) is 19.5 Å². The van der Waals surface area contributed by atoms with Crippen molar-refractivity contribution >= 4 is 17.9 Å². The Hall–Kier alpha value is -3.59. The smallest absolute Gasteiger partial charge is 0.409 e. The van der Waals surface area contributed by atoms with Gasteiger partial charge in [0.1, 0.15) is 5.75 Å². The fourth-order valence-corrected chi connectivity index (χ4v) is 4.40. The SMILES string of the molecule is CC[C@H](C(=O)NO)[C@H](C(=O)N1CCCC[C@@H]1OC(=O)NCc1ccccc1)c1ccc(OC)cc1. The van der Waals surface area contributed by atoms with Crippen molar-refractivity contribution in [1.29, 1.82) is 0 Å². The zero-order chi connectivity index (χ0) is 25.2. The molecule has 35 heavy (non-hydrogen) atoms. The first-order chi connectivity index (χ1) is 17.0. The molecule has 1 saturated heterocycles. The first-order valence-corrected chi connectivity index (χ1v) is 11.8. The molecule has 1 aliphatic rings. The van der Waals surface area contributed by atoms with Crippen LogP contribution in [0.4, 0.5) is 4.79 Å². The van der Waals surface area contributed by atoms with Gasteiger partial charge in [-0.25, -0.2) is 10.3 Å². The lowest BCUT2D eigenvalue weighted by molar-refractivity contribution is -0.151. The zero-order valence-electron chi connectivity index (χ0n) is 20.1. The average Bonchev–Trinajstić information content (AvgIpc) is 2.90. The molecule has 3 N–H and O–H groups in total. The third kappa shape index (κ3) is 6.73. The summed E-state index contributed by atoms with van der Waals surface area (Å²) in [5.74, 6) is -2.03. The number of alkyl carbamates (subject to hydrolysis) is 1. The second-order valence-corrected chi connectivity index (χ2v) is 8.47. The molecule has 0 aromatic heterocycles. The van der Waals surface area contributed by atoms with Crippen LogP contribution in [0.2, 0.25) is 0 Å². The van der Waals surface area contributed by atoms with Crippen LogP contribution < -0.4 is 15.5 Å². The number of rotatable bonds is 9. The molecule has 0 spiro atoms. The Morgan fingerprint density at radius 2 is 1.80 bits per heavy atom. The lowest BCUT2D eigenvalue weighted by Crippen LogP contribution is -2.51. The second kappa shape index (κ2) is 12.8. The molecule has 1 heterocycles. The standard InChI is InChI=1S/C26H33N3O6/c1-3-21(24(30)28-33)23(19-12-14-20(34-2)15-13-19)25(31)29-16-8-7-11-22(29)35-26(32)27-17-18-9-5-4-6-10-18/h4-6,9-10,12-15,21-23,33H,3,7-8,11,16-17H2,1-2H3,(H,27,32)(H,28,30)/t21-,22-,23+/m0/s1. The van der Waals surface area contributed by atoms with Crippen molar-refractivity contribution in [3.63, 3.8) is 0 Å². The largest absolute Gasteiger partial charge is 0.497 e. The Morgan fingerprint density at radius 1 is 1.09 bits per heavy atom. The number of nitrogens with one attached hydrogen (secondary N) is 2. The van der Waals surface area contributed by atoms with Crippen LogP contribution in [0.15, 0.2) is 54.6 Å². The van der Waals surface area contributed by atoms with Gasteiger partial charge in [-0.15, -0.1) is 0 Å². The first-order valence-electron chi connectivity index (χ1n) is 11.8. The molecule has 2 aromatic rings. The molecule has 188 valence electrons. The molecule has 0 aliphatic carbocycles. The van der Waals surface area contributed by atoms with Crippen molar-refractivity contribution in [3.05, 3.63) is 65.7 Å². The highest BCUT2D eigenvalue weighted by atomic mass is 16.6. The van der Waals surface area contributed by atoms with Crippen LogP contribution in [-0.2, 0) is 20.9 Å². The van der Waals surface area contributed by atoms with E-state index in [0.29, 0.717) is 37.2 Å². The predicted molar refractivity (Wildman–Crippen MR) is 129 cm³/mol. The number of ether oxygens (including phenoxy) is 2. The molecular formula is C26H33N3O6. The number of carbonyl (C=O) groups is 3. The number of benzene rings is 2. The van der Waals surface area contributed by atoms with E-state index in [-0.39, 0.29) is 5.91 Å². The summed E-state index contributed by atoms with van der Waals surface area (Å²) in [6.45, 7) is 2.49. The number of hydrogen-bond acceptors (Lipinski definition) is 6. The van der Waals surface area contributed by atoms with E-state index in [9.17, 15) is 19.6 Å². The fourth-order valence-electron chi connectivity index (χ4n) is 4.40. The summed E-state index contributed by atoms with van der Waals surface area (Å²) in [4.78, 5) is 40.4. The lowest BCUT2D eigenvalue weighted by atomic mass is 9.82. The molecule has 0 unspecified atom stereocenters. The summed E-state index contributed by atoms with van der Waals surface area (Å²) >= 11 is 0. The van der Waals surface area contributed by atoms with Crippen molar-refractivity contribution in [2.45, 2.75) is 51.3 Å². The highest BCUT2D eigenvalue weighted by Crippen LogP contribution is 2.33. The van der Waals surface area contributed by atoms with Crippen molar-refractivity contribution in [1.82, 2.24) is 15.7 Å². The third-order valence-corrected chi connectivity index (χ3v) is 6.28. The molecule has 0 bridgehead atoms. The molecule has 1 aliphatic heterocycles. The summed E-state index contributed by atoms with van der Waals surface area (Å²) in [5.41, 5.74) is 3.24. The molecule has 3 atom stereocenters. The van der Waals surface area contributed by atoms with Gasteiger partial charge >= 0.3 is 6.09 Å². The Bertz CT molecular complexity index is 982. The maximum Gasteiger partial charge on any atom is 0.409 e. The van der Waals surface area contributed by atoms with Gasteiger partial charge in [-0.3, -0.25) is 14.8 Å².